The summed E-state index contributed by atoms with van der Waals surface area (Å²) >= 11 is 0. The fourth-order valence-corrected chi connectivity index (χ4v) is 0.614. The molecule has 0 unspecified atom stereocenters. The largest absolute Gasteiger partial charge is 0.393 e. The Balaban J connectivity index is 3.95. The van der Waals surface area contributed by atoms with Gasteiger partial charge in [-0.3, -0.25) is 4.79 Å². The van der Waals surface area contributed by atoms with Gasteiger partial charge in [0.2, 0.25) is 5.91 Å². The molecule has 0 aliphatic heterocycles. The average Bonchev–Trinajstić information content (AvgIpc) is 1.84. The summed E-state index contributed by atoms with van der Waals surface area (Å²) in [5.74, 6) is -0.329. The van der Waals surface area contributed by atoms with Crippen LogP contribution in [0.4, 0.5) is 0 Å². The first-order valence-electron chi connectivity index (χ1n) is 3.36. The second kappa shape index (κ2) is 3.56. The zero-order chi connectivity index (χ0) is 8.31. The van der Waals surface area contributed by atoms with Crippen molar-refractivity contribution in [3.8, 4) is 0 Å². The Morgan fingerprint density at radius 2 is 1.80 bits per heavy atom. The van der Waals surface area contributed by atoms with Gasteiger partial charge in [0.05, 0.1) is 12.0 Å². The third-order valence-electron chi connectivity index (χ3n) is 1.55. The van der Waals surface area contributed by atoms with E-state index in [0.717, 1.165) is 0 Å². The number of nitrogens with zero attached hydrogens (tertiary/aromatic N) is 1. The van der Waals surface area contributed by atoms with Gasteiger partial charge in [-0.25, -0.2) is 0 Å². The third-order valence-corrected chi connectivity index (χ3v) is 1.55. The van der Waals surface area contributed by atoms with Gasteiger partial charge in [0.1, 0.15) is 0 Å². The van der Waals surface area contributed by atoms with Gasteiger partial charge in [0.15, 0.2) is 0 Å². The summed E-state index contributed by atoms with van der Waals surface area (Å²) in [5, 5.41) is 8.99. The Labute approximate surface area is 61.6 Å². The number of aliphatic hydroxyl groups is 1. The van der Waals surface area contributed by atoms with E-state index in [1.807, 2.05) is 0 Å². The number of aliphatic hydroxyl groups excluding tert-OH is 1. The number of carbonyl (C=O) groups is 1. The molecule has 0 radical (unpaired) electrons. The smallest absolute Gasteiger partial charge is 0.227 e. The van der Waals surface area contributed by atoms with Gasteiger partial charge in [-0.15, -0.1) is 0 Å². The number of rotatable bonds is 2. The molecule has 60 valence electrons. The molecule has 0 saturated heterocycles. The predicted octanol–water partition coefficient (Wildman–Crippen LogP) is 0.0915. The molecule has 0 heterocycles. The topological polar surface area (TPSA) is 40.5 Å². The molecule has 0 aliphatic carbocycles. The zero-order valence-corrected chi connectivity index (χ0v) is 6.96. The van der Waals surface area contributed by atoms with Crippen molar-refractivity contribution in [3.05, 3.63) is 0 Å². The molecule has 2 atom stereocenters. The van der Waals surface area contributed by atoms with Crippen LogP contribution in [0.2, 0.25) is 0 Å². The fourth-order valence-electron chi connectivity index (χ4n) is 0.614. The molecular formula is C7H15NO2. The summed E-state index contributed by atoms with van der Waals surface area (Å²) in [4.78, 5) is 12.5. The second-order valence-electron chi connectivity index (χ2n) is 2.76. The Kier molecular flexibility index (Phi) is 3.36. The van der Waals surface area contributed by atoms with Crippen LogP contribution in [-0.4, -0.2) is 36.1 Å². The molecule has 1 N–H and O–H groups in total. The highest BCUT2D eigenvalue weighted by Crippen LogP contribution is 2.04. The fraction of sp³-hybridized carbons (Fsp3) is 0.857. The summed E-state index contributed by atoms with van der Waals surface area (Å²) in [6, 6.07) is 0. The van der Waals surface area contributed by atoms with E-state index in [-0.39, 0.29) is 11.8 Å². The van der Waals surface area contributed by atoms with Crippen LogP contribution < -0.4 is 0 Å². The highest BCUT2D eigenvalue weighted by molar-refractivity contribution is 5.78. The van der Waals surface area contributed by atoms with Gasteiger partial charge < -0.3 is 10.0 Å². The van der Waals surface area contributed by atoms with Gasteiger partial charge in [0.25, 0.3) is 0 Å². The molecule has 0 fully saturated rings. The maximum Gasteiger partial charge on any atom is 0.227 e. The van der Waals surface area contributed by atoms with E-state index in [1.165, 1.54) is 4.90 Å². The zero-order valence-electron chi connectivity index (χ0n) is 6.96. The molecule has 0 aromatic heterocycles. The van der Waals surface area contributed by atoms with Gasteiger partial charge in [-0.05, 0) is 6.92 Å². The minimum Gasteiger partial charge on any atom is -0.393 e. The van der Waals surface area contributed by atoms with Crippen molar-refractivity contribution < 1.29 is 9.90 Å². The van der Waals surface area contributed by atoms with Crippen LogP contribution in [0.25, 0.3) is 0 Å². The van der Waals surface area contributed by atoms with Crippen molar-refractivity contribution in [2.75, 3.05) is 14.1 Å². The van der Waals surface area contributed by atoms with Crippen molar-refractivity contribution in [1.29, 1.82) is 0 Å². The van der Waals surface area contributed by atoms with Crippen LogP contribution in [0.15, 0.2) is 0 Å². The average molecular weight is 145 g/mol. The molecule has 0 rings (SSSR count). The maximum atomic E-state index is 11.1. The summed E-state index contributed by atoms with van der Waals surface area (Å²) in [5.41, 5.74) is 0. The molecule has 10 heavy (non-hydrogen) atoms. The van der Waals surface area contributed by atoms with E-state index >= 15 is 0 Å². The van der Waals surface area contributed by atoms with E-state index in [2.05, 4.69) is 0 Å². The summed E-state index contributed by atoms with van der Waals surface area (Å²) < 4.78 is 0. The molecule has 0 aromatic rings. The van der Waals surface area contributed by atoms with Crippen LogP contribution in [0.1, 0.15) is 13.8 Å². The number of hydrogen-bond acceptors (Lipinski definition) is 2. The predicted molar refractivity (Wildman–Crippen MR) is 39.5 cm³/mol. The van der Waals surface area contributed by atoms with E-state index in [1.54, 1.807) is 27.9 Å². The van der Waals surface area contributed by atoms with Gasteiger partial charge in [0, 0.05) is 14.1 Å². The Morgan fingerprint density at radius 1 is 1.40 bits per heavy atom. The minimum absolute atomic E-state index is 0.0324. The highest BCUT2D eigenvalue weighted by atomic mass is 16.3. The van der Waals surface area contributed by atoms with Crippen molar-refractivity contribution in [2.45, 2.75) is 20.0 Å². The van der Waals surface area contributed by atoms with Crippen molar-refractivity contribution in [3.63, 3.8) is 0 Å². The van der Waals surface area contributed by atoms with Crippen LogP contribution in [0, 0.1) is 5.92 Å². The Hall–Kier alpha value is -0.570. The van der Waals surface area contributed by atoms with Crippen LogP contribution in [0.5, 0.6) is 0 Å². The summed E-state index contributed by atoms with van der Waals surface area (Å²) in [7, 11) is 3.36. The molecule has 1 amide bonds. The molecule has 0 aliphatic rings. The lowest BCUT2D eigenvalue weighted by Crippen LogP contribution is -2.33. The normalized spacial score (nSPS) is 16.1. The Morgan fingerprint density at radius 3 is 1.90 bits per heavy atom. The summed E-state index contributed by atoms with van der Waals surface area (Å²) in [6.07, 6.45) is -0.560. The lowest BCUT2D eigenvalue weighted by molar-refractivity contribution is -0.135. The van der Waals surface area contributed by atoms with Gasteiger partial charge >= 0.3 is 0 Å². The molecule has 0 saturated carbocycles. The van der Waals surface area contributed by atoms with E-state index in [9.17, 15) is 4.79 Å². The number of amides is 1. The lowest BCUT2D eigenvalue weighted by Gasteiger charge is -2.18. The molecule has 0 spiro atoms. The first-order chi connectivity index (χ1) is 4.46. The Bertz CT molecular complexity index is 121. The van der Waals surface area contributed by atoms with Crippen LogP contribution >= 0.6 is 0 Å². The lowest BCUT2D eigenvalue weighted by atomic mass is 10.1. The first-order valence-corrected chi connectivity index (χ1v) is 3.36. The van der Waals surface area contributed by atoms with E-state index < -0.39 is 6.10 Å². The number of hydrogen-bond donors (Lipinski definition) is 1. The molecule has 0 bridgehead atoms. The second-order valence-corrected chi connectivity index (χ2v) is 2.76. The minimum atomic E-state index is -0.560. The first kappa shape index (κ1) is 9.43. The molecule has 0 aromatic carbocycles. The maximum absolute atomic E-state index is 11.1. The van der Waals surface area contributed by atoms with E-state index in [0.29, 0.717) is 0 Å². The summed E-state index contributed by atoms with van der Waals surface area (Å²) in [6.45, 7) is 3.33. The standard InChI is InChI=1S/C7H15NO2/c1-5(6(2)9)7(10)8(3)4/h5-6,9H,1-4H3/t5-,6+/m0/s1. The SMILES string of the molecule is C[C@H](C(=O)N(C)C)[C@@H](C)O. The third kappa shape index (κ3) is 2.35. The molecule has 3 nitrogen and oxygen atoms in total. The number of carbonyl (C=O) groups excluding carboxylic acids is 1. The van der Waals surface area contributed by atoms with Crippen molar-refractivity contribution in [2.24, 2.45) is 5.92 Å². The monoisotopic (exact) mass is 145 g/mol. The highest BCUT2D eigenvalue weighted by Gasteiger charge is 2.18. The molecule has 3 heteroatoms. The molecular weight excluding hydrogens is 130 g/mol. The van der Waals surface area contributed by atoms with Gasteiger partial charge in [-0.2, -0.15) is 0 Å². The van der Waals surface area contributed by atoms with Crippen LogP contribution in [0.3, 0.4) is 0 Å². The van der Waals surface area contributed by atoms with Gasteiger partial charge in [-0.1, -0.05) is 6.92 Å². The van der Waals surface area contributed by atoms with E-state index in [4.69, 9.17) is 5.11 Å². The van der Waals surface area contributed by atoms with Crippen molar-refractivity contribution in [1.82, 2.24) is 4.90 Å². The quantitative estimate of drug-likeness (QED) is 0.598. The van der Waals surface area contributed by atoms with Crippen LogP contribution in [-0.2, 0) is 4.79 Å². The van der Waals surface area contributed by atoms with Crippen molar-refractivity contribution >= 4 is 5.91 Å².